The Morgan fingerprint density at radius 3 is 2.48 bits per heavy atom. The predicted octanol–water partition coefficient (Wildman–Crippen LogP) is 4.12. The molecule has 0 saturated heterocycles. The van der Waals surface area contributed by atoms with Gasteiger partial charge in [-0.25, -0.2) is 0 Å². The van der Waals surface area contributed by atoms with Crippen molar-refractivity contribution in [2.45, 2.75) is 53.4 Å². The van der Waals surface area contributed by atoms with E-state index in [1.54, 1.807) is 0 Å². The van der Waals surface area contributed by atoms with Crippen molar-refractivity contribution in [1.29, 1.82) is 0 Å². The number of aryl methyl sites for hydroxylation is 2. The van der Waals surface area contributed by atoms with E-state index in [2.05, 4.69) is 13.0 Å². The van der Waals surface area contributed by atoms with E-state index in [-0.39, 0.29) is 11.6 Å². The van der Waals surface area contributed by atoms with Crippen molar-refractivity contribution in [2.24, 2.45) is 5.41 Å². The molecule has 0 aromatic heterocycles. The van der Waals surface area contributed by atoms with Crippen molar-refractivity contribution in [3.05, 3.63) is 45.5 Å². The van der Waals surface area contributed by atoms with E-state index in [0.29, 0.717) is 12.8 Å². The Morgan fingerprint density at radius 1 is 1.10 bits per heavy atom. The fraction of sp³-hybridized carbons (Fsp3) is 0.474. The van der Waals surface area contributed by atoms with Gasteiger partial charge in [-0.3, -0.25) is 9.59 Å². The molecular formula is C19H22O2. The second kappa shape index (κ2) is 4.66. The van der Waals surface area contributed by atoms with Gasteiger partial charge in [-0.15, -0.1) is 0 Å². The molecule has 1 aromatic carbocycles. The van der Waals surface area contributed by atoms with Gasteiger partial charge in [0.1, 0.15) is 5.41 Å². The Kier molecular flexibility index (Phi) is 3.16. The van der Waals surface area contributed by atoms with Crippen molar-refractivity contribution >= 4 is 11.6 Å². The van der Waals surface area contributed by atoms with Crippen LogP contribution in [0.25, 0.3) is 0 Å². The third-order valence-electron chi connectivity index (χ3n) is 5.30. The largest absolute Gasteiger partial charge is 0.293 e. The fourth-order valence-electron chi connectivity index (χ4n) is 4.18. The molecule has 0 radical (unpaired) electrons. The maximum atomic E-state index is 13.0. The van der Waals surface area contributed by atoms with Gasteiger partial charge in [-0.1, -0.05) is 30.2 Å². The second-order valence-electron chi connectivity index (χ2n) is 6.62. The SMILES string of the molecule is CCC1=C(C)C(=O)[C@]2(CC1)Cc1cc(C)cc(C)c1C2=O. The minimum Gasteiger partial charge on any atom is -0.293 e. The molecule has 1 aromatic rings. The Morgan fingerprint density at radius 2 is 1.81 bits per heavy atom. The normalized spacial score (nSPS) is 25.0. The van der Waals surface area contributed by atoms with E-state index in [1.807, 2.05) is 26.8 Å². The molecule has 0 heterocycles. The summed E-state index contributed by atoms with van der Waals surface area (Å²) in [6, 6.07) is 4.12. The molecule has 1 atom stereocenters. The molecule has 1 spiro atoms. The molecule has 2 aliphatic carbocycles. The maximum Gasteiger partial charge on any atom is 0.177 e. The van der Waals surface area contributed by atoms with Crippen LogP contribution in [0.15, 0.2) is 23.3 Å². The molecule has 0 amide bonds. The number of Topliss-reactive ketones (excluding diaryl/α,β-unsaturated/α-hetero) is 2. The Hall–Kier alpha value is -1.70. The van der Waals surface area contributed by atoms with Crippen LogP contribution in [-0.4, -0.2) is 11.6 Å². The zero-order chi connectivity index (χ0) is 15.4. The lowest BCUT2D eigenvalue weighted by atomic mass is 9.68. The highest BCUT2D eigenvalue weighted by atomic mass is 16.2. The Balaban J connectivity index is 2.12. The molecule has 21 heavy (non-hydrogen) atoms. The molecule has 2 nitrogen and oxygen atoms in total. The maximum absolute atomic E-state index is 13.0. The number of rotatable bonds is 1. The lowest BCUT2D eigenvalue weighted by molar-refractivity contribution is -0.123. The smallest absolute Gasteiger partial charge is 0.177 e. The van der Waals surface area contributed by atoms with Crippen molar-refractivity contribution in [3.63, 3.8) is 0 Å². The van der Waals surface area contributed by atoms with Gasteiger partial charge in [-0.05, 0) is 63.2 Å². The molecule has 2 heteroatoms. The Bertz CT molecular complexity index is 694. The number of hydrogen-bond donors (Lipinski definition) is 0. The van der Waals surface area contributed by atoms with Crippen LogP contribution >= 0.6 is 0 Å². The van der Waals surface area contributed by atoms with Gasteiger partial charge < -0.3 is 0 Å². The summed E-state index contributed by atoms with van der Waals surface area (Å²) in [6.45, 7) is 8.02. The topological polar surface area (TPSA) is 34.1 Å². The molecule has 0 N–H and O–H groups in total. The van der Waals surface area contributed by atoms with Crippen LogP contribution in [0, 0.1) is 19.3 Å². The number of fused-ring (bicyclic) bond motifs is 1. The number of carbonyl (C=O) groups is 2. The second-order valence-corrected chi connectivity index (χ2v) is 6.62. The first-order chi connectivity index (χ1) is 9.90. The summed E-state index contributed by atoms with van der Waals surface area (Å²) >= 11 is 0. The van der Waals surface area contributed by atoms with Crippen molar-refractivity contribution in [1.82, 2.24) is 0 Å². The Labute approximate surface area is 126 Å². The average molecular weight is 282 g/mol. The zero-order valence-electron chi connectivity index (χ0n) is 13.3. The van der Waals surface area contributed by atoms with Crippen LogP contribution in [-0.2, 0) is 11.2 Å². The van der Waals surface area contributed by atoms with E-state index in [1.165, 1.54) is 11.1 Å². The summed E-state index contributed by atoms with van der Waals surface area (Å²) < 4.78 is 0. The number of benzene rings is 1. The van der Waals surface area contributed by atoms with Gasteiger partial charge in [0.2, 0.25) is 0 Å². The third kappa shape index (κ3) is 1.85. The highest BCUT2D eigenvalue weighted by Crippen LogP contribution is 2.48. The molecule has 0 saturated carbocycles. The van der Waals surface area contributed by atoms with Gasteiger partial charge in [0.25, 0.3) is 0 Å². The van der Waals surface area contributed by atoms with Gasteiger partial charge >= 0.3 is 0 Å². The van der Waals surface area contributed by atoms with E-state index in [0.717, 1.165) is 35.1 Å². The monoisotopic (exact) mass is 282 g/mol. The first kappa shape index (κ1) is 14.2. The summed E-state index contributed by atoms with van der Waals surface area (Å²) in [7, 11) is 0. The lowest BCUT2D eigenvalue weighted by Crippen LogP contribution is -2.40. The van der Waals surface area contributed by atoms with Crippen LogP contribution in [0.4, 0.5) is 0 Å². The minimum atomic E-state index is -0.802. The fourth-order valence-corrected chi connectivity index (χ4v) is 4.18. The van der Waals surface area contributed by atoms with E-state index in [9.17, 15) is 9.59 Å². The highest BCUT2D eigenvalue weighted by Gasteiger charge is 2.53. The third-order valence-corrected chi connectivity index (χ3v) is 5.30. The summed E-state index contributed by atoms with van der Waals surface area (Å²) in [4.78, 5) is 25.9. The molecule has 0 aliphatic heterocycles. The molecule has 110 valence electrons. The average Bonchev–Trinajstić information content (AvgIpc) is 2.70. The van der Waals surface area contributed by atoms with Crippen LogP contribution in [0.3, 0.4) is 0 Å². The van der Waals surface area contributed by atoms with Gasteiger partial charge in [0, 0.05) is 5.56 Å². The molecule has 2 aliphatic rings. The molecule has 3 rings (SSSR count). The van der Waals surface area contributed by atoms with Crippen LogP contribution in [0.1, 0.15) is 60.2 Å². The standard InChI is InChI=1S/C19H22O2/c1-5-14-6-7-19(17(20)13(14)4)10-15-9-11(2)8-12(3)16(15)18(19)21/h8-9H,5-7,10H2,1-4H3/t19-/m0/s1. The summed E-state index contributed by atoms with van der Waals surface area (Å²) in [5, 5.41) is 0. The number of hydrogen-bond acceptors (Lipinski definition) is 2. The van der Waals surface area contributed by atoms with Crippen molar-refractivity contribution in [2.75, 3.05) is 0 Å². The van der Waals surface area contributed by atoms with Crippen LogP contribution < -0.4 is 0 Å². The van der Waals surface area contributed by atoms with Gasteiger partial charge in [-0.2, -0.15) is 0 Å². The van der Waals surface area contributed by atoms with Crippen molar-refractivity contribution in [3.8, 4) is 0 Å². The lowest BCUT2D eigenvalue weighted by Gasteiger charge is -2.32. The first-order valence-electron chi connectivity index (χ1n) is 7.79. The number of carbonyl (C=O) groups excluding carboxylic acids is 2. The predicted molar refractivity (Wildman–Crippen MR) is 83.6 cm³/mol. The molecule has 0 bridgehead atoms. The van der Waals surface area contributed by atoms with Crippen LogP contribution in [0.2, 0.25) is 0 Å². The number of allylic oxidation sites excluding steroid dienone is 2. The summed E-state index contributed by atoms with van der Waals surface area (Å²) in [6.07, 6.45) is 3.06. The highest BCUT2D eigenvalue weighted by molar-refractivity contribution is 6.23. The molecule has 0 unspecified atom stereocenters. The van der Waals surface area contributed by atoms with E-state index >= 15 is 0 Å². The summed E-state index contributed by atoms with van der Waals surface area (Å²) in [5.74, 6) is 0.137. The number of ketones is 2. The van der Waals surface area contributed by atoms with Crippen molar-refractivity contribution < 1.29 is 9.59 Å². The summed E-state index contributed by atoms with van der Waals surface area (Å²) in [5.41, 5.74) is 5.31. The quantitative estimate of drug-likeness (QED) is 0.726. The zero-order valence-corrected chi connectivity index (χ0v) is 13.3. The van der Waals surface area contributed by atoms with E-state index < -0.39 is 5.41 Å². The molecule has 0 fully saturated rings. The first-order valence-corrected chi connectivity index (χ1v) is 7.79. The molecular weight excluding hydrogens is 260 g/mol. The van der Waals surface area contributed by atoms with Crippen LogP contribution in [0.5, 0.6) is 0 Å². The minimum absolute atomic E-state index is 0.0644. The van der Waals surface area contributed by atoms with Gasteiger partial charge in [0.05, 0.1) is 0 Å². The van der Waals surface area contributed by atoms with E-state index in [4.69, 9.17) is 0 Å². The van der Waals surface area contributed by atoms with Gasteiger partial charge in [0.15, 0.2) is 11.6 Å².